The standard InChI is InChI=1S/C51H60N8O9S/c1-50(2,61)39-7-4-3-6-37(39)41-8-5-19-57(41)35-27-51(28-35)16-20-56(21-17-51)34-9-11-38(42(25-34)58-44-24-33-13-18-52-47(33)54-49(44)68-46-31-67-30-45(46)58)48(60)55-69(64,65)36-10-12-40(43(26-36)59(62)63)53-29-32-14-22-66-23-15-32/h3-4,6-7,9-13,18,24-26,32,35,41,45-46,53,61H,5,8,14-17,19-23,27-31H2,1-2H3,(H,52,54)(H,55,60)/t41-,45+,46+/m0/s1. The number of ether oxygens (including phenoxy) is 3. The Morgan fingerprint density at radius 3 is 2.55 bits per heavy atom. The number of likely N-dealkylation sites (tertiary alicyclic amines) is 1. The molecule has 3 aromatic carbocycles. The number of anilines is 4. The van der Waals surface area contributed by atoms with E-state index in [0.717, 1.165) is 93.7 Å². The molecule has 5 aromatic rings. The molecule has 0 unspecified atom stereocenters. The molecule has 5 aliphatic heterocycles. The molecule has 1 aliphatic carbocycles. The van der Waals surface area contributed by atoms with Crippen LogP contribution in [0.2, 0.25) is 0 Å². The van der Waals surface area contributed by atoms with E-state index in [1.165, 1.54) is 17.7 Å². The number of carbonyl (C=O) groups excluding carboxylic acids is 1. The van der Waals surface area contributed by atoms with Crippen molar-refractivity contribution in [3.63, 3.8) is 0 Å². The van der Waals surface area contributed by atoms with E-state index in [4.69, 9.17) is 19.2 Å². The highest BCUT2D eigenvalue weighted by atomic mass is 32.2. The number of rotatable bonds is 12. The molecule has 18 heteroatoms. The van der Waals surface area contributed by atoms with E-state index in [0.29, 0.717) is 68.0 Å². The molecule has 4 saturated heterocycles. The zero-order chi connectivity index (χ0) is 47.7. The van der Waals surface area contributed by atoms with Crippen molar-refractivity contribution in [1.29, 1.82) is 0 Å². The van der Waals surface area contributed by atoms with Gasteiger partial charge in [-0.15, -0.1) is 0 Å². The first kappa shape index (κ1) is 45.6. The lowest BCUT2D eigenvalue weighted by molar-refractivity contribution is -0.384. The Morgan fingerprint density at radius 2 is 1.77 bits per heavy atom. The molecule has 0 bridgehead atoms. The number of aromatic nitrogens is 2. The third kappa shape index (κ3) is 8.68. The number of hydrogen-bond acceptors (Lipinski definition) is 14. The van der Waals surface area contributed by atoms with E-state index in [-0.39, 0.29) is 28.6 Å². The van der Waals surface area contributed by atoms with E-state index in [2.05, 4.69) is 43.0 Å². The lowest BCUT2D eigenvalue weighted by atomic mass is 9.59. The Morgan fingerprint density at radius 1 is 0.971 bits per heavy atom. The number of H-pyrrole nitrogens is 1. The topological polar surface area (TPSA) is 205 Å². The van der Waals surface area contributed by atoms with Gasteiger partial charge in [-0.3, -0.25) is 19.8 Å². The minimum absolute atomic E-state index is 0.0980. The van der Waals surface area contributed by atoms with Crippen molar-refractivity contribution in [2.45, 2.75) is 99.9 Å². The van der Waals surface area contributed by atoms with Gasteiger partial charge in [0.2, 0.25) is 5.88 Å². The molecule has 1 saturated carbocycles. The van der Waals surface area contributed by atoms with Crippen LogP contribution in [0.25, 0.3) is 11.0 Å². The Kier molecular flexibility index (Phi) is 11.8. The van der Waals surface area contributed by atoms with Crippen LogP contribution in [-0.4, -0.2) is 110 Å². The third-order valence-electron chi connectivity index (χ3n) is 15.7. The van der Waals surface area contributed by atoms with E-state index in [1.807, 2.05) is 49.1 Å². The van der Waals surface area contributed by atoms with Gasteiger partial charge in [0.1, 0.15) is 23.1 Å². The summed E-state index contributed by atoms with van der Waals surface area (Å²) in [6.07, 6.45) is 9.55. The summed E-state index contributed by atoms with van der Waals surface area (Å²) >= 11 is 0. The molecule has 0 radical (unpaired) electrons. The summed E-state index contributed by atoms with van der Waals surface area (Å²) in [4.78, 5) is 40.9. The van der Waals surface area contributed by atoms with E-state index in [1.54, 1.807) is 12.3 Å². The van der Waals surface area contributed by atoms with Crippen LogP contribution in [0.3, 0.4) is 0 Å². The van der Waals surface area contributed by atoms with Crippen LogP contribution in [0.5, 0.6) is 5.88 Å². The summed E-state index contributed by atoms with van der Waals surface area (Å²) < 4.78 is 48.2. The second-order valence-electron chi connectivity index (χ2n) is 20.5. The van der Waals surface area contributed by atoms with Gasteiger partial charge < -0.3 is 39.4 Å². The lowest BCUT2D eigenvalue weighted by Crippen LogP contribution is -2.55. The van der Waals surface area contributed by atoms with Gasteiger partial charge in [-0.2, -0.15) is 4.98 Å². The smallest absolute Gasteiger partial charge is 0.293 e. The summed E-state index contributed by atoms with van der Waals surface area (Å²) in [5, 5.41) is 27.3. The van der Waals surface area contributed by atoms with Gasteiger partial charge in [0, 0.05) is 68.3 Å². The average molecular weight is 961 g/mol. The van der Waals surface area contributed by atoms with Crippen molar-refractivity contribution in [2.75, 3.05) is 67.7 Å². The Labute approximate surface area is 401 Å². The zero-order valence-electron chi connectivity index (χ0n) is 39.1. The quantitative estimate of drug-likeness (QED) is 0.0705. The van der Waals surface area contributed by atoms with Crippen molar-refractivity contribution in [1.82, 2.24) is 19.6 Å². The molecular formula is C51H60N8O9S. The summed E-state index contributed by atoms with van der Waals surface area (Å²) in [6, 6.07) is 21.8. The van der Waals surface area contributed by atoms with Crippen LogP contribution < -0.4 is 24.6 Å². The van der Waals surface area contributed by atoms with Gasteiger partial charge in [0.25, 0.3) is 21.6 Å². The molecule has 11 rings (SSSR count). The predicted molar refractivity (Wildman–Crippen MR) is 261 cm³/mol. The Hall–Kier alpha value is -5.79. The molecule has 364 valence electrons. The summed E-state index contributed by atoms with van der Waals surface area (Å²) in [6.45, 7) is 8.76. The van der Waals surface area contributed by atoms with Crippen molar-refractivity contribution in [2.24, 2.45) is 11.3 Å². The maximum Gasteiger partial charge on any atom is 0.293 e. The fourth-order valence-corrected chi connectivity index (χ4v) is 13.0. The number of benzene rings is 3. The largest absolute Gasteiger partial charge is 0.468 e. The summed E-state index contributed by atoms with van der Waals surface area (Å²) in [5.41, 5.74) is 4.08. The Balaban J connectivity index is 0.863. The van der Waals surface area contributed by atoms with Gasteiger partial charge in [-0.25, -0.2) is 13.1 Å². The van der Waals surface area contributed by atoms with Crippen LogP contribution in [0.1, 0.15) is 92.7 Å². The van der Waals surface area contributed by atoms with Gasteiger partial charge in [-0.1, -0.05) is 24.3 Å². The maximum absolute atomic E-state index is 14.6. The third-order valence-corrected chi connectivity index (χ3v) is 17.0. The molecular weight excluding hydrogens is 901 g/mol. The molecule has 7 heterocycles. The molecule has 5 fully saturated rings. The fraction of sp³-hybridized carbons (Fsp3) is 0.490. The second kappa shape index (κ2) is 17.9. The minimum Gasteiger partial charge on any atom is -0.468 e. The summed E-state index contributed by atoms with van der Waals surface area (Å²) in [7, 11) is -4.60. The Bertz CT molecular complexity index is 2880. The summed E-state index contributed by atoms with van der Waals surface area (Å²) in [5.74, 6) is -0.256. The van der Waals surface area contributed by atoms with E-state index < -0.39 is 43.1 Å². The number of hydrogen-bond donors (Lipinski definition) is 4. The van der Waals surface area contributed by atoms with Crippen molar-refractivity contribution >= 4 is 55.4 Å². The molecule has 6 aliphatic rings. The normalized spacial score (nSPS) is 23.1. The highest BCUT2D eigenvalue weighted by Gasteiger charge is 2.50. The van der Waals surface area contributed by atoms with Gasteiger partial charge in [0.05, 0.1) is 45.9 Å². The lowest BCUT2D eigenvalue weighted by Gasteiger charge is -2.56. The SMILES string of the molecule is CC(C)(O)c1ccccc1[C@@H]1CCCN1C1CC2(CCN(c3ccc(C(=O)NS(=O)(=O)c4ccc(NCC5CCOCC5)c([N+](=O)[O-])c4)c(N4c5cc6cc[nH]c6nc5O[C@@H]5COC[C@H]54)c3)CC2)C1. The minimum atomic E-state index is -4.60. The number of nitrogens with zero attached hydrogens (tertiary/aromatic N) is 5. The van der Waals surface area contributed by atoms with E-state index >= 15 is 0 Å². The van der Waals surface area contributed by atoms with Crippen LogP contribution >= 0.6 is 0 Å². The van der Waals surface area contributed by atoms with Crippen LogP contribution in [0.4, 0.5) is 28.4 Å². The molecule has 1 spiro atoms. The first-order valence-corrected chi connectivity index (χ1v) is 25.9. The maximum atomic E-state index is 14.6. The molecule has 17 nitrogen and oxygen atoms in total. The van der Waals surface area contributed by atoms with Crippen molar-refractivity contribution < 1.29 is 37.5 Å². The second-order valence-corrected chi connectivity index (χ2v) is 22.1. The average Bonchev–Trinajstić information content (AvgIpc) is 4.13. The van der Waals surface area contributed by atoms with Crippen molar-refractivity contribution in [3.8, 4) is 5.88 Å². The molecule has 3 atom stereocenters. The number of fused-ring (bicyclic) bond motifs is 3. The number of sulfonamides is 1. The monoisotopic (exact) mass is 960 g/mol. The number of piperidine rings is 1. The number of aromatic amines is 1. The first-order valence-electron chi connectivity index (χ1n) is 24.4. The molecule has 4 N–H and O–H groups in total. The van der Waals surface area contributed by atoms with Crippen LogP contribution in [0.15, 0.2) is 83.9 Å². The van der Waals surface area contributed by atoms with E-state index in [9.17, 15) is 28.4 Å². The number of nitrogens with one attached hydrogen (secondary N) is 3. The van der Waals surface area contributed by atoms with Gasteiger partial charge in [-0.05, 0) is 137 Å². The first-order chi connectivity index (χ1) is 33.2. The number of carbonyl (C=O) groups is 1. The number of nitro benzene ring substituents is 1. The number of pyridine rings is 1. The van der Waals surface area contributed by atoms with Crippen molar-refractivity contribution in [3.05, 3.63) is 106 Å². The molecule has 2 aromatic heterocycles. The molecule has 1 amide bonds. The van der Waals surface area contributed by atoms with Crippen LogP contribution in [0, 0.1) is 21.4 Å². The predicted octanol–water partition coefficient (Wildman–Crippen LogP) is 7.54. The number of amides is 1. The number of nitro groups is 1. The molecule has 69 heavy (non-hydrogen) atoms. The van der Waals surface area contributed by atoms with Gasteiger partial charge >= 0.3 is 0 Å². The number of aliphatic hydroxyl groups is 1. The zero-order valence-corrected chi connectivity index (χ0v) is 39.9. The van der Waals surface area contributed by atoms with Gasteiger partial charge in [0.15, 0.2) is 0 Å². The highest BCUT2D eigenvalue weighted by molar-refractivity contribution is 7.90. The fourth-order valence-electron chi connectivity index (χ4n) is 12.0. The van der Waals surface area contributed by atoms with Crippen LogP contribution in [-0.2, 0) is 25.1 Å². The highest BCUT2D eigenvalue weighted by Crippen LogP contribution is 2.55.